The van der Waals surface area contributed by atoms with Crippen LogP contribution in [0.1, 0.15) is 44.2 Å². The summed E-state index contributed by atoms with van der Waals surface area (Å²) in [5.41, 5.74) is 1.31. The molecule has 1 aromatic carbocycles. The van der Waals surface area contributed by atoms with Gasteiger partial charge in [0.1, 0.15) is 17.2 Å². The third kappa shape index (κ3) is 6.50. The zero-order valence-electron chi connectivity index (χ0n) is 17.1. The Bertz CT molecular complexity index is 889. The Morgan fingerprint density at radius 2 is 1.97 bits per heavy atom. The van der Waals surface area contributed by atoms with E-state index >= 15 is 0 Å². The summed E-state index contributed by atoms with van der Waals surface area (Å²) in [4.78, 5) is 27.0. The Hall–Kier alpha value is -3.03. The number of carbonyl (C=O) groups excluding carboxylic acids is 1. The first-order valence-corrected chi connectivity index (χ1v) is 9.80. The molecule has 30 heavy (non-hydrogen) atoms. The average molecular weight is 420 g/mol. The number of amides is 1. The number of hydrogen-bond acceptors (Lipinski definition) is 4. The fourth-order valence-electron chi connectivity index (χ4n) is 2.86. The van der Waals surface area contributed by atoms with Gasteiger partial charge in [0.15, 0.2) is 0 Å². The minimum atomic E-state index is -1.16. The molecular formula is C22H26F2N2O4. The lowest BCUT2D eigenvalue weighted by Gasteiger charge is -2.25. The maximum Gasteiger partial charge on any atom is 0.340 e. The molecule has 1 aliphatic carbocycles. The van der Waals surface area contributed by atoms with E-state index < -0.39 is 5.97 Å². The monoisotopic (exact) mass is 420 g/mol. The number of carbonyl (C=O) groups is 2. The van der Waals surface area contributed by atoms with Gasteiger partial charge in [-0.15, -0.1) is 0 Å². The van der Waals surface area contributed by atoms with E-state index in [2.05, 4.69) is 4.99 Å². The molecule has 0 spiro atoms. The van der Waals surface area contributed by atoms with E-state index in [0.717, 1.165) is 18.4 Å². The summed E-state index contributed by atoms with van der Waals surface area (Å²) in [6.45, 7) is 4.32. The minimum Gasteiger partial charge on any atom is -0.515 e. The summed E-state index contributed by atoms with van der Waals surface area (Å²) >= 11 is 0. The van der Waals surface area contributed by atoms with Gasteiger partial charge in [-0.05, 0) is 49.0 Å². The van der Waals surface area contributed by atoms with Gasteiger partial charge in [-0.25, -0.2) is 13.6 Å². The number of benzene rings is 1. The molecule has 2 aliphatic rings. The number of carboxylic acid groups (broad SMARTS) is 1. The largest absolute Gasteiger partial charge is 0.515 e. The number of aliphatic hydroxyl groups is 1. The van der Waals surface area contributed by atoms with Crippen molar-refractivity contribution in [2.45, 2.75) is 45.6 Å². The topological polar surface area (TPSA) is 90.2 Å². The highest BCUT2D eigenvalue weighted by Gasteiger charge is 2.20. The molecule has 1 amide bonds. The van der Waals surface area contributed by atoms with Crippen LogP contribution in [0.3, 0.4) is 0 Å². The Kier molecular flexibility index (Phi) is 8.26. The summed E-state index contributed by atoms with van der Waals surface area (Å²) in [7, 11) is 0. The highest BCUT2D eigenvalue weighted by molar-refractivity contribution is 6.08. The molecule has 1 saturated carbocycles. The number of aryl methyl sites for hydroxylation is 1. The van der Waals surface area contributed by atoms with Gasteiger partial charge in [0.25, 0.3) is 0 Å². The summed E-state index contributed by atoms with van der Waals surface area (Å²) < 4.78 is 27.7. The van der Waals surface area contributed by atoms with Crippen LogP contribution in [-0.2, 0) is 16.0 Å². The Labute approximate surface area is 174 Å². The predicted molar refractivity (Wildman–Crippen MR) is 110 cm³/mol. The fourth-order valence-corrected chi connectivity index (χ4v) is 2.86. The molecule has 3 rings (SSSR count). The molecule has 1 aromatic rings. The van der Waals surface area contributed by atoms with Crippen molar-refractivity contribution in [3.8, 4) is 0 Å². The Morgan fingerprint density at radius 3 is 2.43 bits per heavy atom. The van der Waals surface area contributed by atoms with Gasteiger partial charge in [-0.2, -0.15) is 0 Å². The molecule has 1 heterocycles. The smallest absolute Gasteiger partial charge is 0.340 e. The molecule has 1 aliphatic heterocycles. The number of carboxylic acids is 1. The van der Waals surface area contributed by atoms with Crippen molar-refractivity contribution in [1.82, 2.24) is 4.90 Å². The van der Waals surface area contributed by atoms with Gasteiger partial charge in [0.2, 0.25) is 5.91 Å². The molecule has 162 valence electrons. The first kappa shape index (κ1) is 23.3. The van der Waals surface area contributed by atoms with Crippen molar-refractivity contribution in [2.24, 2.45) is 4.99 Å². The normalized spacial score (nSPS) is 16.7. The first-order valence-electron chi connectivity index (χ1n) is 9.80. The van der Waals surface area contributed by atoms with Crippen LogP contribution in [0.15, 0.2) is 35.0 Å². The van der Waals surface area contributed by atoms with Crippen LogP contribution < -0.4 is 0 Å². The number of halogens is 2. The van der Waals surface area contributed by atoms with E-state index in [9.17, 15) is 18.4 Å². The van der Waals surface area contributed by atoms with Crippen LogP contribution in [0.2, 0.25) is 0 Å². The number of nitrogens with zero attached hydrogens (tertiary/aromatic N) is 2. The van der Waals surface area contributed by atoms with Crippen LogP contribution >= 0.6 is 0 Å². The Morgan fingerprint density at radius 1 is 1.27 bits per heavy atom. The molecule has 0 atom stereocenters. The van der Waals surface area contributed by atoms with Gasteiger partial charge >= 0.3 is 5.97 Å². The number of hydrogen-bond donors (Lipinski definition) is 2. The van der Waals surface area contributed by atoms with Gasteiger partial charge in [-0.1, -0.05) is 13.0 Å². The second-order valence-electron chi connectivity index (χ2n) is 7.12. The molecule has 8 heteroatoms. The van der Waals surface area contributed by atoms with Crippen LogP contribution in [0, 0.1) is 11.6 Å². The number of aliphatic imine (C=N–C) groups is 1. The predicted octanol–water partition coefficient (Wildman–Crippen LogP) is 3.91. The zero-order valence-corrected chi connectivity index (χ0v) is 17.1. The van der Waals surface area contributed by atoms with Crippen LogP contribution in [-0.4, -0.2) is 52.3 Å². The molecule has 2 N–H and O–H groups in total. The van der Waals surface area contributed by atoms with E-state index in [1.165, 1.54) is 25.3 Å². The zero-order chi connectivity index (χ0) is 22.3. The molecule has 0 saturated heterocycles. The van der Waals surface area contributed by atoms with Gasteiger partial charge in [-0.3, -0.25) is 9.79 Å². The van der Waals surface area contributed by atoms with Crippen LogP contribution in [0.5, 0.6) is 0 Å². The maximum atomic E-state index is 14.0. The van der Waals surface area contributed by atoms with E-state index in [0.29, 0.717) is 43.3 Å². The third-order valence-electron chi connectivity index (χ3n) is 4.87. The number of rotatable bonds is 5. The lowest BCUT2D eigenvalue weighted by Crippen LogP contribution is -2.32. The molecule has 1 fully saturated rings. The lowest BCUT2D eigenvalue weighted by atomic mass is 9.97. The Balaban J connectivity index is 0.000000248. The summed E-state index contributed by atoms with van der Waals surface area (Å²) in [5.74, 6) is -1.91. The highest BCUT2D eigenvalue weighted by atomic mass is 19.1. The van der Waals surface area contributed by atoms with E-state index in [1.54, 1.807) is 17.9 Å². The van der Waals surface area contributed by atoms with Crippen molar-refractivity contribution in [1.29, 1.82) is 0 Å². The molecule has 6 nitrogen and oxygen atoms in total. The summed E-state index contributed by atoms with van der Waals surface area (Å²) in [6.07, 6.45) is 6.62. The lowest BCUT2D eigenvalue weighted by molar-refractivity contribution is -0.132. The van der Waals surface area contributed by atoms with E-state index in [-0.39, 0.29) is 29.2 Å². The highest BCUT2D eigenvalue weighted by Crippen LogP contribution is 2.27. The second-order valence-corrected chi connectivity index (χ2v) is 7.12. The average Bonchev–Trinajstić information content (AvgIpc) is 3.54. The van der Waals surface area contributed by atoms with Crippen LogP contribution in [0.4, 0.5) is 8.78 Å². The molecular weight excluding hydrogens is 394 g/mol. The third-order valence-corrected chi connectivity index (χ3v) is 4.87. The van der Waals surface area contributed by atoms with Crippen molar-refractivity contribution >= 4 is 23.7 Å². The maximum absolute atomic E-state index is 14.0. The van der Waals surface area contributed by atoms with E-state index in [4.69, 9.17) is 10.2 Å². The van der Waals surface area contributed by atoms with E-state index in [1.807, 2.05) is 0 Å². The number of aliphatic carboxylic acids is 1. The second kappa shape index (κ2) is 10.7. The van der Waals surface area contributed by atoms with Gasteiger partial charge in [0, 0.05) is 31.8 Å². The van der Waals surface area contributed by atoms with Gasteiger partial charge in [0.05, 0.1) is 12.3 Å². The van der Waals surface area contributed by atoms with Crippen molar-refractivity contribution in [3.05, 3.63) is 52.8 Å². The summed E-state index contributed by atoms with van der Waals surface area (Å²) in [6, 6.07) is 2.82. The van der Waals surface area contributed by atoms with Crippen molar-refractivity contribution in [3.63, 3.8) is 0 Å². The van der Waals surface area contributed by atoms with Crippen molar-refractivity contribution < 1.29 is 28.6 Å². The minimum absolute atomic E-state index is 0.00304. The summed E-state index contributed by atoms with van der Waals surface area (Å²) in [5, 5.41) is 16.8. The number of aliphatic hydroxyl groups excluding tert-OH is 1. The molecule has 0 bridgehead atoms. The standard InChI is InChI=1S/C15H17F2NO.C7H9NO3/c1-3-11-8-15(17)13(9-14(11)16)12-4-6-18(7-5-12)10(2)19;9-4-5(7(10)11)3-8-6-1-2-6/h4,8-9H,3,5-7H2,1-2H3;3-4,6,9H,1-2H2,(H,10,11). The van der Waals surface area contributed by atoms with Crippen LogP contribution in [0.25, 0.3) is 5.57 Å². The molecule has 0 unspecified atom stereocenters. The van der Waals surface area contributed by atoms with Gasteiger partial charge < -0.3 is 15.1 Å². The molecule has 0 radical (unpaired) electrons. The fraction of sp³-hybridized carbons (Fsp3) is 0.409. The van der Waals surface area contributed by atoms with Crippen molar-refractivity contribution in [2.75, 3.05) is 13.1 Å². The molecule has 0 aromatic heterocycles. The first-order chi connectivity index (χ1) is 14.3. The SMILES string of the molecule is CCc1cc(F)c(C2=CCN(C(C)=O)CC2)cc1F.O=C(O)C(C=NC1CC1)=CO. The quantitative estimate of drug-likeness (QED) is 0.429.